The lowest BCUT2D eigenvalue weighted by atomic mass is 10.1. The Morgan fingerprint density at radius 3 is 2.87 bits per heavy atom. The van der Waals surface area contributed by atoms with E-state index in [2.05, 4.69) is 20.3 Å². The lowest BCUT2D eigenvalue weighted by molar-refractivity contribution is -0.819. The Morgan fingerprint density at radius 1 is 1.29 bits per heavy atom. The number of urea groups is 1. The number of hydrogen-bond donors (Lipinski definition) is 4. The Morgan fingerprint density at radius 2 is 2.11 bits per heavy atom. The summed E-state index contributed by atoms with van der Waals surface area (Å²) >= 11 is 6.49. The molecule has 0 aliphatic carbocycles. The van der Waals surface area contributed by atoms with Crippen LogP contribution >= 0.6 is 11.6 Å². The van der Waals surface area contributed by atoms with E-state index in [1.807, 2.05) is 0 Å². The van der Waals surface area contributed by atoms with Crippen LogP contribution in [0.1, 0.15) is 12.0 Å². The highest BCUT2D eigenvalue weighted by atomic mass is 35.5. The van der Waals surface area contributed by atoms with Gasteiger partial charge in [0, 0.05) is 18.1 Å². The first-order valence-electron chi connectivity index (χ1n) is 11.7. The minimum atomic E-state index is -4.53. The molecule has 0 radical (unpaired) electrons. The molecule has 5 rings (SSSR count). The molecule has 1 fully saturated rings. The number of ether oxygens (including phenoxy) is 1. The smallest absolute Gasteiger partial charge is 0.416 e. The second-order valence-corrected chi connectivity index (χ2v) is 9.37. The second kappa shape index (κ2) is 10.3. The number of pyridine rings is 1. The Hall–Kier alpha value is -3.52. The largest absolute Gasteiger partial charge is 0.474 e. The molecule has 3 unspecified atom stereocenters. The van der Waals surface area contributed by atoms with Gasteiger partial charge in [0.25, 0.3) is 0 Å². The van der Waals surface area contributed by atoms with Gasteiger partial charge >= 0.3 is 12.2 Å². The van der Waals surface area contributed by atoms with Gasteiger partial charge in [-0.3, -0.25) is 20.1 Å². The number of anilines is 2. The van der Waals surface area contributed by atoms with E-state index < -0.39 is 30.5 Å². The van der Waals surface area contributed by atoms with Crippen molar-refractivity contribution in [2.75, 3.05) is 36.5 Å². The van der Waals surface area contributed by atoms with Gasteiger partial charge in [-0.2, -0.15) is 18.2 Å². The summed E-state index contributed by atoms with van der Waals surface area (Å²) in [6.07, 6.45) is -2.35. The van der Waals surface area contributed by atoms with E-state index >= 15 is 0 Å². The van der Waals surface area contributed by atoms with E-state index in [4.69, 9.17) is 21.4 Å². The summed E-state index contributed by atoms with van der Waals surface area (Å²) in [5.41, 5.74) is 0.156. The van der Waals surface area contributed by atoms with Crippen LogP contribution in [0.4, 0.5) is 35.3 Å². The number of amides is 2. The standard InChI is InChI=1S/C24H22ClF3N6O4/c25-17-7-18-22(32-21(17)13-2-1-3-14(6-13)24(26,27)28)34(15-4-5-33(18)10-15)23(37)31-19-8-29-9-20(30-19)38-12-16(36)11-35/h1-3,6-9,15-16,35-36H,4-5,10-12H2,(H,30,31,37)/p+1. The number of hydrogen-bond acceptors (Lipinski definition) is 7. The molecule has 2 aliphatic rings. The van der Waals surface area contributed by atoms with Crippen molar-refractivity contribution in [2.24, 2.45) is 0 Å². The van der Waals surface area contributed by atoms with Gasteiger partial charge in [-0.05, 0) is 12.1 Å². The molecule has 0 spiro atoms. The van der Waals surface area contributed by atoms with Crippen LogP contribution in [0.5, 0.6) is 5.88 Å². The average Bonchev–Trinajstić information content (AvgIpc) is 3.31. The first-order chi connectivity index (χ1) is 18.1. The molecular formula is C24H23ClF3N6O4+. The fourth-order valence-corrected chi connectivity index (χ4v) is 4.84. The second-order valence-electron chi connectivity index (χ2n) is 8.96. The number of nitrogens with one attached hydrogen (secondary N) is 2. The Labute approximate surface area is 219 Å². The molecule has 2 aromatic heterocycles. The summed E-state index contributed by atoms with van der Waals surface area (Å²) in [5, 5.41) is 21.2. The van der Waals surface area contributed by atoms with E-state index in [1.165, 1.54) is 29.4 Å². The quantitative estimate of drug-likeness (QED) is 0.370. The monoisotopic (exact) mass is 551 g/mol. The number of benzene rings is 1. The zero-order chi connectivity index (χ0) is 27.0. The van der Waals surface area contributed by atoms with E-state index in [1.54, 1.807) is 6.07 Å². The molecule has 1 saturated heterocycles. The van der Waals surface area contributed by atoms with Crippen LogP contribution in [-0.2, 0) is 6.18 Å². The number of nitrogens with zero attached hydrogens (tertiary/aromatic N) is 4. The summed E-state index contributed by atoms with van der Waals surface area (Å²) < 4.78 is 45.2. The molecule has 3 atom stereocenters. The van der Waals surface area contributed by atoms with Crippen molar-refractivity contribution in [1.82, 2.24) is 15.0 Å². The van der Waals surface area contributed by atoms with Gasteiger partial charge in [0.1, 0.15) is 19.3 Å². The SMILES string of the molecule is O=C(Nc1cncc(OCC(O)CO)n1)N1c2nc(-c3cccc(C(F)(F)F)c3)c(Cl)cc2[NH+]2CCC1C2. The maximum absolute atomic E-state index is 13.5. The van der Waals surface area contributed by atoms with Crippen LogP contribution in [-0.4, -0.2) is 69.6 Å². The first kappa shape index (κ1) is 26.1. The lowest BCUT2D eigenvalue weighted by Gasteiger charge is -2.32. The number of quaternary nitrogens is 1. The molecule has 3 aromatic rings. The number of aliphatic hydroxyl groups is 2. The maximum Gasteiger partial charge on any atom is 0.416 e. The van der Waals surface area contributed by atoms with Crippen LogP contribution in [0.3, 0.4) is 0 Å². The minimum Gasteiger partial charge on any atom is -0.474 e. The third-order valence-corrected chi connectivity index (χ3v) is 6.64. The van der Waals surface area contributed by atoms with Crippen LogP contribution in [0.25, 0.3) is 11.3 Å². The van der Waals surface area contributed by atoms with Crippen LogP contribution in [0.15, 0.2) is 42.7 Å². The molecule has 0 saturated carbocycles. The lowest BCUT2D eigenvalue weighted by Crippen LogP contribution is -3.06. The van der Waals surface area contributed by atoms with E-state index in [-0.39, 0.29) is 40.6 Å². The summed E-state index contributed by atoms with van der Waals surface area (Å²) in [6, 6.07) is 5.61. The van der Waals surface area contributed by atoms with Gasteiger partial charge in [0.15, 0.2) is 17.3 Å². The summed E-state index contributed by atoms with van der Waals surface area (Å²) in [6.45, 7) is 0.651. The number of halogens is 4. The molecule has 14 heteroatoms. The normalized spacial score (nSPS) is 19.2. The Balaban J connectivity index is 1.46. The molecule has 4 heterocycles. The zero-order valence-electron chi connectivity index (χ0n) is 19.7. The number of rotatable bonds is 6. The Kier molecular flexibility index (Phi) is 7.09. The van der Waals surface area contributed by atoms with Crippen LogP contribution < -0.4 is 19.9 Å². The van der Waals surface area contributed by atoms with Crippen molar-refractivity contribution in [2.45, 2.75) is 24.7 Å². The number of fused-ring (bicyclic) bond motifs is 4. The van der Waals surface area contributed by atoms with Gasteiger partial charge in [0.05, 0.1) is 47.9 Å². The Bertz CT molecular complexity index is 1360. The molecule has 200 valence electrons. The van der Waals surface area contributed by atoms with E-state index in [0.29, 0.717) is 24.5 Å². The average molecular weight is 552 g/mol. The van der Waals surface area contributed by atoms with Gasteiger partial charge in [-0.15, -0.1) is 0 Å². The third-order valence-electron chi connectivity index (χ3n) is 6.36. The summed E-state index contributed by atoms with van der Waals surface area (Å²) in [5.74, 6) is 0.407. The van der Waals surface area contributed by atoms with Crippen LogP contribution in [0, 0.1) is 0 Å². The van der Waals surface area contributed by atoms with Gasteiger partial charge in [-0.1, -0.05) is 23.7 Å². The molecule has 38 heavy (non-hydrogen) atoms. The number of aromatic nitrogens is 3. The van der Waals surface area contributed by atoms with Crippen molar-refractivity contribution < 1.29 is 37.8 Å². The predicted molar refractivity (Wildman–Crippen MR) is 131 cm³/mol. The molecule has 4 N–H and O–H groups in total. The number of carbonyl (C=O) groups excluding carboxylic acids is 1. The first-order valence-corrected chi connectivity index (χ1v) is 12.1. The fraction of sp³-hybridized carbons (Fsp3) is 0.333. The van der Waals surface area contributed by atoms with Crippen molar-refractivity contribution in [1.29, 1.82) is 0 Å². The number of aliphatic hydroxyl groups excluding tert-OH is 2. The zero-order valence-corrected chi connectivity index (χ0v) is 20.5. The highest BCUT2D eigenvalue weighted by Gasteiger charge is 2.45. The molecule has 2 bridgehead atoms. The van der Waals surface area contributed by atoms with Gasteiger partial charge < -0.3 is 14.9 Å². The number of carbonyl (C=O) groups is 1. The maximum atomic E-state index is 13.5. The fourth-order valence-electron chi connectivity index (χ4n) is 4.58. The molecular weight excluding hydrogens is 529 g/mol. The highest BCUT2D eigenvalue weighted by molar-refractivity contribution is 6.33. The molecule has 2 aliphatic heterocycles. The highest BCUT2D eigenvalue weighted by Crippen LogP contribution is 2.38. The van der Waals surface area contributed by atoms with Gasteiger partial charge in [-0.25, -0.2) is 9.78 Å². The van der Waals surface area contributed by atoms with E-state index in [0.717, 1.165) is 23.6 Å². The van der Waals surface area contributed by atoms with E-state index in [9.17, 15) is 23.1 Å². The van der Waals surface area contributed by atoms with Crippen LogP contribution in [0.2, 0.25) is 5.02 Å². The van der Waals surface area contributed by atoms with Crippen molar-refractivity contribution in [3.63, 3.8) is 0 Å². The van der Waals surface area contributed by atoms with Crippen molar-refractivity contribution in [3.8, 4) is 17.1 Å². The van der Waals surface area contributed by atoms with Crippen molar-refractivity contribution in [3.05, 3.63) is 53.3 Å². The number of alkyl halides is 3. The summed E-state index contributed by atoms with van der Waals surface area (Å²) in [7, 11) is 0. The molecule has 2 amide bonds. The predicted octanol–water partition coefficient (Wildman–Crippen LogP) is 2.28. The topological polar surface area (TPSA) is 125 Å². The molecule has 10 nitrogen and oxygen atoms in total. The summed E-state index contributed by atoms with van der Waals surface area (Å²) in [4.78, 5) is 28.7. The molecule has 1 aromatic carbocycles. The van der Waals surface area contributed by atoms with Gasteiger partial charge in [0.2, 0.25) is 5.88 Å². The minimum absolute atomic E-state index is 0.0302. The third kappa shape index (κ3) is 5.23. The van der Waals surface area contributed by atoms with Crippen molar-refractivity contribution >= 4 is 35.0 Å².